The zero-order valence-corrected chi connectivity index (χ0v) is 16.4. The van der Waals surface area contributed by atoms with E-state index in [1.165, 1.54) is 4.90 Å². The van der Waals surface area contributed by atoms with Gasteiger partial charge in [0.25, 0.3) is 5.91 Å². The first-order valence-corrected chi connectivity index (χ1v) is 9.29. The van der Waals surface area contributed by atoms with Crippen LogP contribution in [-0.4, -0.2) is 58.4 Å². The lowest BCUT2D eigenvalue weighted by Crippen LogP contribution is -2.64. The Morgan fingerprint density at radius 3 is 2.59 bits per heavy atom. The number of carbonyl (C=O) groups excluding carboxylic acids is 2. The average molecular weight is 367 g/mol. The van der Waals surface area contributed by atoms with Crippen molar-refractivity contribution in [2.75, 3.05) is 18.5 Å². The van der Waals surface area contributed by atoms with E-state index in [9.17, 15) is 9.59 Å². The molecule has 3 aliphatic heterocycles. The van der Waals surface area contributed by atoms with E-state index in [1.54, 1.807) is 11.9 Å². The molecule has 0 aliphatic carbocycles. The van der Waals surface area contributed by atoms with Crippen LogP contribution in [0.4, 0.5) is 10.5 Å². The van der Waals surface area contributed by atoms with Crippen LogP contribution in [0.15, 0.2) is 41.2 Å². The number of fused-ring (bicyclic) bond motifs is 3. The zero-order valence-electron chi connectivity index (χ0n) is 16.4. The maximum atomic E-state index is 13.2. The smallest absolute Gasteiger partial charge is 0.302 e. The highest BCUT2D eigenvalue weighted by molar-refractivity contribution is 6.09. The number of amides is 3. The van der Waals surface area contributed by atoms with Crippen LogP contribution in [0.5, 0.6) is 0 Å². The number of nitrogens with zero attached hydrogens (tertiary/aromatic N) is 5. The number of aryl methyl sites for hydroxylation is 1. The first-order chi connectivity index (χ1) is 12.8. The number of urea groups is 1. The van der Waals surface area contributed by atoms with Gasteiger partial charge in [0.15, 0.2) is 12.2 Å². The van der Waals surface area contributed by atoms with Gasteiger partial charge < -0.3 is 9.80 Å². The van der Waals surface area contributed by atoms with E-state index in [4.69, 9.17) is 4.99 Å². The van der Waals surface area contributed by atoms with Gasteiger partial charge in [0, 0.05) is 31.2 Å². The molecule has 3 amide bonds. The first-order valence-electron chi connectivity index (χ1n) is 9.29. The molecule has 1 fully saturated rings. The van der Waals surface area contributed by atoms with Gasteiger partial charge in [-0.05, 0) is 37.5 Å². The molecule has 142 valence electrons. The number of rotatable bonds is 3. The van der Waals surface area contributed by atoms with Crippen molar-refractivity contribution in [1.82, 2.24) is 14.7 Å². The molecule has 0 N–H and O–H groups in total. The van der Waals surface area contributed by atoms with Crippen molar-refractivity contribution < 1.29 is 9.59 Å². The molecular formula is C20H25N5O2. The SMILES string of the molecule is CC1=CN2C(=NC3C2C(=O)N(CC(C)C)C(=O)N3C)N1c1cccc(C)c1. The summed E-state index contributed by atoms with van der Waals surface area (Å²) in [7, 11) is 1.72. The van der Waals surface area contributed by atoms with Crippen molar-refractivity contribution in [3.63, 3.8) is 0 Å². The first kappa shape index (κ1) is 17.6. The van der Waals surface area contributed by atoms with Gasteiger partial charge in [0.1, 0.15) is 0 Å². The Kier molecular flexibility index (Phi) is 3.98. The fourth-order valence-electron chi connectivity index (χ4n) is 3.97. The van der Waals surface area contributed by atoms with E-state index in [-0.39, 0.29) is 17.9 Å². The van der Waals surface area contributed by atoms with Gasteiger partial charge in [0.05, 0.1) is 0 Å². The topological polar surface area (TPSA) is 59.5 Å². The molecule has 4 rings (SSSR count). The number of carbonyl (C=O) groups is 2. The number of hydrogen-bond donors (Lipinski definition) is 0. The number of imide groups is 1. The van der Waals surface area contributed by atoms with E-state index in [0.29, 0.717) is 12.5 Å². The molecule has 7 heteroatoms. The standard InChI is InChI=1S/C20H25N5O2/c1-12(2)10-24-18(26)16-17(22(5)20(24)27)21-19-23(16)11-14(4)25(19)15-8-6-7-13(3)9-15/h6-9,11-12,16-17H,10H2,1-5H3. The number of likely N-dealkylation sites (N-methyl/N-ethyl adjacent to an activating group) is 1. The summed E-state index contributed by atoms with van der Waals surface area (Å²) in [6.45, 7) is 8.47. The molecule has 3 heterocycles. The van der Waals surface area contributed by atoms with Crippen molar-refractivity contribution in [3.8, 4) is 0 Å². The molecule has 1 aromatic rings. The van der Waals surface area contributed by atoms with Crippen molar-refractivity contribution in [2.24, 2.45) is 10.9 Å². The number of anilines is 1. The summed E-state index contributed by atoms with van der Waals surface area (Å²) in [6.07, 6.45) is 1.46. The number of hydrogen-bond acceptors (Lipinski definition) is 5. The van der Waals surface area contributed by atoms with Gasteiger partial charge in [-0.2, -0.15) is 0 Å². The van der Waals surface area contributed by atoms with Crippen LogP contribution in [0, 0.1) is 12.8 Å². The van der Waals surface area contributed by atoms with Crippen molar-refractivity contribution in [1.29, 1.82) is 0 Å². The molecule has 0 spiro atoms. The Hall–Kier alpha value is -2.83. The molecule has 7 nitrogen and oxygen atoms in total. The average Bonchev–Trinajstić information content (AvgIpc) is 3.11. The minimum absolute atomic E-state index is 0.175. The second-order valence-corrected chi connectivity index (χ2v) is 7.88. The van der Waals surface area contributed by atoms with Crippen molar-refractivity contribution in [2.45, 2.75) is 39.9 Å². The molecule has 27 heavy (non-hydrogen) atoms. The molecule has 0 saturated carbocycles. The quantitative estimate of drug-likeness (QED) is 0.824. The highest BCUT2D eigenvalue weighted by Gasteiger charge is 2.54. The van der Waals surface area contributed by atoms with E-state index in [1.807, 2.05) is 61.9 Å². The molecular weight excluding hydrogens is 342 g/mol. The van der Waals surface area contributed by atoms with Gasteiger partial charge in [-0.1, -0.05) is 26.0 Å². The molecule has 0 aromatic heterocycles. The maximum Gasteiger partial charge on any atom is 0.328 e. The third-order valence-electron chi connectivity index (χ3n) is 5.20. The number of aliphatic imine (C=N–C) groups is 1. The van der Waals surface area contributed by atoms with Crippen molar-refractivity contribution in [3.05, 3.63) is 41.7 Å². The summed E-state index contributed by atoms with van der Waals surface area (Å²) >= 11 is 0. The third kappa shape index (κ3) is 2.60. The van der Waals surface area contributed by atoms with Crippen LogP contribution >= 0.6 is 0 Å². The molecule has 3 aliphatic rings. The largest absolute Gasteiger partial charge is 0.328 e. The van der Waals surface area contributed by atoms with Crippen LogP contribution in [0.3, 0.4) is 0 Å². The van der Waals surface area contributed by atoms with E-state index < -0.39 is 12.2 Å². The lowest BCUT2D eigenvalue weighted by molar-refractivity contribution is -0.137. The highest BCUT2D eigenvalue weighted by Crippen LogP contribution is 2.36. The molecule has 2 unspecified atom stereocenters. The minimum atomic E-state index is -0.508. The number of guanidine groups is 1. The lowest BCUT2D eigenvalue weighted by Gasteiger charge is -2.40. The summed E-state index contributed by atoms with van der Waals surface area (Å²) in [5.41, 5.74) is 3.16. The Labute approximate surface area is 159 Å². The van der Waals surface area contributed by atoms with Gasteiger partial charge >= 0.3 is 6.03 Å². The summed E-state index contributed by atoms with van der Waals surface area (Å²) in [4.78, 5) is 37.6. The van der Waals surface area contributed by atoms with Crippen molar-refractivity contribution >= 4 is 23.6 Å². The van der Waals surface area contributed by atoms with Crippen LogP contribution in [0.25, 0.3) is 0 Å². The monoisotopic (exact) mass is 367 g/mol. The zero-order chi connectivity index (χ0) is 19.5. The van der Waals surface area contributed by atoms with Crippen LogP contribution in [-0.2, 0) is 4.79 Å². The van der Waals surface area contributed by atoms with E-state index in [2.05, 4.69) is 6.07 Å². The third-order valence-corrected chi connectivity index (χ3v) is 5.20. The fraction of sp³-hybridized carbons (Fsp3) is 0.450. The van der Waals surface area contributed by atoms with Gasteiger partial charge in [-0.3, -0.25) is 14.6 Å². The highest BCUT2D eigenvalue weighted by atomic mass is 16.2. The summed E-state index contributed by atoms with van der Waals surface area (Å²) < 4.78 is 0. The summed E-state index contributed by atoms with van der Waals surface area (Å²) in [6, 6.07) is 7.39. The predicted molar refractivity (Wildman–Crippen MR) is 104 cm³/mol. The summed E-state index contributed by atoms with van der Waals surface area (Å²) in [5, 5.41) is 0. The minimum Gasteiger partial charge on any atom is -0.302 e. The van der Waals surface area contributed by atoms with Crippen LogP contribution < -0.4 is 4.90 Å². The molecule has 1 saturated heterocycles. The molecule has 0 bridgehead atoms. The Bertz CT molecular complexity index is 875. The number of allylic oxidation sites excluding steroid dienone is 1. The summed E-state index contributed by atoms with van der Waals surface area (Å²) in [5.74, 6) is 0.738. The predicted octanol–water partition coefficient (Wildman–Crippen LogP) is 2.59. The van der Waals surface area contributed by atoms with Crippen LogP contribution in [0.2, 0.25) is 0 Å². The molecule has 2 atom stereocenters. The maximum absolute atomic E-state index is 13.2. The number of benzene rings is 1. The van der Waals surface area contributed by atoms with Gasteiger partial charge in [0.2, 0.25) is 5.96 Å². The molecule has 1 aromatic carbocycles. The lowest BCUT2D eigenvalue weighted by atomic mass is 10.1. The second-order valence-electron chi connectivity index (χ2n) is 7.88. The normalized spacial score (nSPS) is 24.5. The second kappa shape index (κ2) is 6.11. The van der Waals surface area contributed by atoms with E-state index in [0.717, 1.165) is 16.9 Å². The van der Waals surface area contributed by atoms with Crippen LogP contribution in [0.1, 0.15) is 26.3 Å². The molecule has 0 radical (unpaired) electrons. The Morgan fingerprint density at radius 1 is 1.19 bits per heavy atom. The van der Waals surface area contributed by atoms with Gasteiger partial charge in [-0.25, -0.2) is 9.79 Å². The Balaban J connectivity index is 1.72. The van der Waals surface area contributed by atoms with E-state index >= 15 is 0 Å². The Morgan fingerprint density at radius 2 is 1.93 bits per heavy atom. The van der Waals surface area contributed by atoms with Gasteiger partial charge in [-0.15, -0.1) is 0 Å². The fourth-order valence-corrected chi connectivity index (χ4v) is 3.97.